The Kier molecular flexibility index (Phi) is 5.91. The zero-order valence-electron chi connectivity index (χ0n) is 14.6. The molecule has 134 valence electrons. The number of hydrogen-bond acceptors (Lipinski definition) is 6. The third-order valence-electron chi connectivity index (χ3n) is 4.52. The second kappa shape index (κ2) is 8.34. The van der Waals surface area contributed by atoms with Crippen LogP contribution in [-0.2, 0) is 4.74 Å². The second-order valence-corrected chi connectivity index (χ2v) is 7.07. The van der Waals surface area contributed by atoms with Gasteiger partial charge in [-0.05, 0) is 37.0 Å². The summed E-state index contributed by atoms with van der Waals surface area (Å²) in [5.41, 5.74) is 1.25. The zero-order valence-corrected chi connectivity index (χ0v) is 15.4. The highest BCUT2D eigenvalue weighted by Gasteiger charge is 2.18. The lowest BCUT2D eigenvalue weighted by Crippen LogP contribution is -2.17. The van der Waals surface area contributed by atoms with Gasteiger partial charge in [0.25, 0.3) is 0 Å². The van der Waals surface area contributed by atoms with E-state index in [9.17, 15) is 4.79 Å². The van der Waals surface area contributed by atoms with Crippen LogP contribution in [0.25, 0.3) is 10.6 Å². The van der Waals surface area contributed by atoms with Crippen LogP contribution in [0.3, 0.4) is 0 Å². The van der Waals surface area contributed by atoms with Crippen LogP contribution in [0.1, 0.15) is 42.6 Å². The maximum absolute atomic E-state index is 12.2. The summed E-state index contributed by atoms with van der Waals surface area (Å²) in [5.74, 6) is 1.46. The van der Waals surface area contributed by atoms with E-state index in [4.69, 9.17) is 14.2 Å². The van der Waals surface area contributed by atoms with E-state index in [1.165, 1.54) is 30.6 Å². The smallest absolute Gasteiger partial charge is 0.357 e. The molecule has 0 unspecified atom stereocenters. The lowest BCUT2D eigenvalue weighted by Gasteiger charge is -2.20. The van der Waals surface area contributed by atoms with Crippen LogP contribution in [0, 0.1) is 5.92 Å². The Balaban J connectivity index is 1.66. The average molecular weight is 361 g/mol. The van der Waals surface area contributed by atoms with Gasteiger partial charge in [0.2, 0.25) is 0 Å². The lowest BCUT2D eigenvalue weighted by atomic mass is 9.90. The van der Waals surface area contributed by atoms with Crippen LogP contribution >= 0.6 is 11.3 Å². The first kappa shape index (κ1) is 17.7. The van der Waals surface area contributed by atoms with Crippen molar-refractivity contribution in [2.75, 3.05) is 20.8 Å². The zero-order chi connectivity index (χ0) is 17.6. The molecule has 0 N–H and O–H groups in total. The number of carbonyl (C=O) groups is 1. The van der Waals surface area contributed by atoms with Gasteiger partial charge in [0, 0.05) is 10.9 Å². The minimum atomic E-state index is -0.339. The molecule has 0 bridgehead atoms. The van der Waals surface area contributed by atoms with Crippen LogP contribution in [0.2, 0.25) is 0 Å². The van der Waals surface area contributed by atoms with Gasteiger partial charge < -0.3 is 14.2 Å². The van der Waals surface area contributed by atoms with Crippen LogP contribution < -0.4 is 9.47 Å². The van der Waals surface area contributed by atoms with E-state index in [1.807, 2.05) is 18.2 Å². The molecular weight excluding hydrogens is 338 g/mol. The van der Waals surface area contributed by atoms with E-state index < -0.39 is 0 Å². The van der Waals surface area contributed by atoms with Gasteiger partial charge in [0.1, 0.15) is 5.01 Å². The Bertz CT molecular complexity index is 722. The van der Waals surface area contributed by atoms with Crippen molar-refractivity contribution in [1.29, 1.82) is 0 Å². The summed E-state index contributed by atoms with van der Waals surface area (Å²) in [6.07, 6.45) is 6.08. The molecule has 0 aliphatic heterocycles. The van der Waals surface area contributed by atoms with Gasteiger partial charge in [-0.3, -0.25) is 0 Å². The summed E-state index contributed by atoms with van der Waals surface area (Å²) in [6, 6.07) is 5.59. The molecule has 2 aromatic rings. The molecular formula is C19H23NO4S. The Morgan fingerprint density at radius 3 is 2.64 bits per heavy atom. The number of rotatable bonds is 6. The maximum Gasteiger partial charge on any atom is 0.357 e. The van der Waals surface area contributed by atoms with E-state index in [1.54, 1.807) is 19.6 Å². The fraction of sp³-hybridized carbons (Fsp3) is 0.474. The molecule has 0 atom stereocenters. The predicted molar refractivity (Wildman–Crippen MR) is 97.5 cm³/mol. The largest absolute Gasteiger partial charge is 0.493 e. The van der Waals surface area contributed by atoms with Crippen molar-refractivity contribution in [2.45, 2.75) is 32.1 Å². The fourth-order valence-corrected chi connectivity index (χ4v) is 3.88. The number of thiazole rings is 1. The first-order chi connectivity index (χ1) is 12.2. The van der Waals surface area contributed by atoms with Crippen molar-refractivity contribution in [1.82, 2.24) is 4.98 Å². The van der Waals surface area contributed by atoms with Crippen molar-refractivity contribution >= 4 is 17.3 Å². The third kappa shape index (κ3) is 4.31. The quantitative estimate of drug-likeness (QED) is 0.706. The van der Waals surface area contributed by atoms with Gasteiger partial charge in [-0.2, -0.15) is 0 Å². The summed E-state index contributed by atoms with van der Waals surface area (Å²) >= 11 is 1.42. The number of esters is 1. The molecule has 1 heterocycles. The van der Waals surface area contributed by atoms with Gasteiger partial charge in [-0.1, -0.05) is 19.3 Å². The van der Waals surface area contributed by atoms with Crippen LogP contribution in [-0.4, -0.2) is 31.8 Å². The molecule has 1 fully saturated rings. The van der Waals surface area contributed by atoms with Crippen LogP contribution in [0.5, 0.6) is 11.5 Å². The van der Waals surface area contributed by atoms with Crippen molar-refractivity contribution < 1.29 is 19.0 Å². The maximum atomic E-state index is 12.2. The molecule has 0 amide bonds. The minimum absolute atomic E-state index is 0.339. The van der Waals surface area contributed by atoms with E-state index in [-0.39, 0.29) is 5.97 Å². The van der Waals surface area contributed by atoms with Gasteiger partial charge in [-0.15, -0.1) is 11.3 Å². The number of benzene rings is 1. The van der Waals surface area contributed by atoms with Crippen molar-refractivity contribution in [3.8, 4) is 22.1 Å². The van der Waals surface area contributed by atoms with E-state index in [0.29, 0.717) is 29.7 Å². The number of carbonyl (C=O) groups excluding carboxylic acids is 1. The number of ether oxygens (including phenoxy) is 3. The molecule has 1 aliphatic rings. The topological polar surface area (TPSA) is 57.7 Å². The molecule has 0 spiro atoms. The van der Waals surface area contributed by atoms with Crippen molar-refractivity contribution in [3.63, 3.8) is 0 Å². The molecule has 6 heteroatoms. The van der Waals surface area contributed by atoms with Gasteiger partial charge in [0.05, 0.1) is 20.8 Å². The Morgan fingerprint density at radius 1 is 1.16 bits per heavy atom. The van der Waals surface area contributed by atoms with Crippen LogP contribution in [0.4, 0.5) is 0 Å². The monoisotopic (exact) mass is 361 g/mol. The molecule has 1 aromatic carbocycles. The minimum Gasteiger partial charge on any atom is -0.493 e. The lowest BCUT2D eigenvalue weighted by molar-refractivity contribution is 0.0404. The summed E-state index contributed by atoms with van der Waals surface area (Å²) in [5, 5.41) is 2.50. The van der Waals surface area contributed by atoms with E-state index in [0.717, 1.165) is 23.4 Å². The highest BCUT2D eigenvalue weighted by Crippen LogP contribution is 2.33. The van der Waals surface area contributed by atoms with Crippen molar-refractivity contribution in [2.24, 2.45) is 5.92 Å². The van der Waals surface area contributed by atoms with Crippen molar-refractivity contribution in [3.05, 3.63) is 29.3 Å². The highest BCUT2D eigenvalue weighted by molar-refractivity contribution is 7.13. The Labute approximate surface area is 151 Å². The summed E-state index contributed by atoms with van der Waals surface area (Å²) < 4.78 is 16.0. The fourth-order valence-electron chi connectivity index (χ4n) is 3.09. The third-order valence-corrected chi connectivity index (χ3v) is 5.41. The van der Waals surface area contributed by atoms with Gasteiger partial charge in [-0.25, -0.2) is 9.78 Å². The standard InChI is InChI=1S/C19H23NO4S/c1-22-16-9-8-14(10-17(16)23-2)18-20-15(12-25-18)19(21)24-11-13-6-4-3-5-7-13/h8-10,12-13H,3-7,11H2,1-2H3. The number of hydrogen-bond donors (Lipinski definition) is 0. The summed E-state index contributed by atoms with van der Waals surface area (Å²) in [6.45, 7) is 0.502. The number of methoxy groups -OCH3 is 2. The Hall–Kier alpha value is -2.08. The van der Waals surface area contributed by atoms with E-state index in [2.05, 4.69) is 4.98 Å². The molecule has 1 aliphatic carbocycles. The molecule has 1 aromatic heterocycles. The van der Waals surface area contributed by atoms with E-state index >= 15 is 0 Å². The predicted octanol–water partition coefficient (Wildman–Crippen LogP) is 4.56. The molecule has 0 radical (unpaired) electrons. The van der Waals surface area contributed by atoms with Gasteiger partial charge in [0.15, 0.2) is 17.2 Å². The second-order valence-electron chi connectivity index (χ2n) is 6.21. The molecule has 5 nitrogen and oxygen atoms in total. The Morgan fingerprint density at radius 2 is 1.92 bits per heavy atom. The molecule has 1 saturated carbocycles. The first-order valence-electron chi connectivity index (χ1n) is 8.56. The summed E-state index contributed by atoms with van der Waals surface area (Å²) in [4.78, 5) is 16.7. The SMILES string of the molecule is COc1ccc(-c2nc(C(=O)OCC3CCCCC3)cs2)cc1OC. The molecule has 0 saturated heterocycles. The molecule has 3 rings (SSSR count). The normalized spacial score (nSPS) is 15.0. The van der Waals surface area contributed by atoms with Crippen LogP contribution in [0.15, 0.2) is 23.6 Å². The molecule has 25 heavy (non-hydrogen) atoms. The highest BCUT2D eigenvalue weighted by atomic mass is 32.1. The van der Waals surface area contributed by atoms with Gasteiger partial charge >= 0.3 is 5.97 Å². The first-order valence-corrected chi connectivity index (χ1v) is 9.44. The number of aromatic nitrogens is 1. The average Bonchev–Trinajstić information content (AvgIpc) is 3.16. The summed E-state index contributed by atoms with van der Waals surface area (Å²) in [7, 11) is 3.19. The number of nitrogens with zero attached hydrogens (tertiary/aromatic N) is 1.